The van der Waals surface area contributed by atoms with E-state index in [1.54, 1.807) is 21.1 Å². The molecule has 2 aromatic rings. The Labute approximate surface area is 144 Å². The number of aromatic nitrogens is 1. The first-order valence-corrected chi connectivity index (χ1v) is 8.26. The number of Topliss-reactive ketones (excluding diaryl/α,β-unsaturated/α-hetero) is 1. The highest BCUT2D eigenvalue weighted by Crippen LogP contribution is 2.31. The van der Waals surface area contributed by atoms with Gasteiger partial charge in [-0.05, 0) is 25.0 Å². The van der Waals surface area contributed by atoms with Crippen LogP contribution in [0, 0.1) is 6.92 Å². The van der Waals surface area contributed by atoms with Crippen LogP contribution in [0.2, 0.25) is 0 Å². The van der Waals surface area contributed by atoms with Gasteiger partial charge in [-0.15, -0.1) is 0 Å². The zero-order valence-electron chi connectivity index (χ0n) is 14.1. The topological polar surface area (TPSA) is 77.5 Å². The van der Waals surface area contributed by atoms with Gasteiger partial charge in [-0.25, -0.2) is 4.98 Å². The summed E-state index contributed by atoms with van der Waals surface area (Å²) < 4.78 is 10.6. The molecule has 1 heterocycles. The molecular formula is C17H20N2O4S. The summed E-state index contributed by atoms with van der Waals surface area (Å²) in [5.74, 6) is 1.06. The smallest absolute Gasteiger partial charge is 0.226 e. The van der Waals surface area contributed by atoms with Crippen molar-refractivity contribution in [3.8, 4) is 11.5 Å². The molecule has 0 bridgehead atoms. The van der Waals surface area contributed by atoms with Gasteiger partial charge in [-0.3, -0.25) is 9.59 Å². The number of methoxy groups -OCH3 is 2. The summed E-state index contributed by atoms with van der Waals surface area (Å²) in [6, 6.07) is 5.57. The van der Waals surface area contributed by atoms with E-state index in [9.17, 15) is 9.59 Å². The normalized spacial score (nSPS) is 10.3. The molecule has 0 aliphatic heterocycles. The Bertz CT molecular complexity index is 755. The van der Waals surface area contributed by atoms with Crippen molar-refractivity contribution in [2.45, 2.75) is 26.7 Å². The highest BCUT2D eigenvalue weighted by Gasteiger charge is 2.15. The van der Waals surface area contributed by atoms with Crippen LogP contribution in [-0.4, -0.2) is 30.9 Å². The molecule has 0 fully saturated rings. The van der Waals surface area contributed by atoms with Crippen LogP contribution >= 0.6 is 11.3 Å². The van der Waals surface area contributed by atoms with E-state index in [2.05, 4.69) is 10.3 Å². The first-order valence-electron chi connectivity index (χ1n) is 7.44. The summed E-state index contributed by atoms with van der Waals surface area (Å²) in [6.07, 6.45) is 0.785. The Morgan fingerprint density at radius 1 is 1.25 bits per heavy atom. The fraction of sp³-hybridized carbons (Fsp3) is 0.353. The van der Waals surface area contributed by atoms with Crippen LogP contribution in [0.3, 0.4) is 0 Å². The molecule has 7 heteroatoms. The average Bonchev–Trinajstić information content (AvgIpc) is 2.92. The lowest BCUT2D eigenvalue weighted by Crippen LogP contribution is -2.12. The molecule has 2 rings (SSSR count). The number of nitrogens with zero attached hydrogens (tertiary/aromatic N) is 1. The third-order valence-electron chi connectivity index (χ3n) is 3.47. The Balaban J connectivity index is 2.01. The van der Waals surface area contributed by atoms with E-state index < -0.39 is 0 Å². The number of aryl methyl sites for hydroxylation is 2. The van der Waals surface area contributed by atoms with Crippen LogP contribution < -0.4 is 14.8 Å². The highest BCUT2D eigenvalue weighted by molar-refractivity contribution is 7.17. The minimum atomic E-state index is -0.163. The predicted molar refractivity (Wildman–Crippen MR) is 93.4 cm³/mol. The zero-order valence-corrected chi connectivity index (χ0v) is 15.0. The fourth-order valence-electron chi connectivity index (χ4n) is 2.36. The first-order chi connectivity index (χ1) is 11.5. The number of thiazole rings is 1. The van der Waals surface area contributed by atoms with Gasteiger partial charge in [0.15, 0.2) is 22.4 Å². The Morgan fingerprint density at radius 3 is 2.58 bits per heavy atom. The molecule has 0 radical (unpaired) electrons. The SMILES string of the molecule is COc1cccc(CCC(=O)Nc2nc(C)c(C(C)=O)s2)c1OC. The van der Waals surface area contributed by atoms with Gasteiger partial charge in [-0.1, -0.05) is 23.5 Å². The molecule has 0 spiro atoms. The van der Waals surface area contributed by atoms with Crippen molar-refractivity contribution in [3.63, 3.8) is 0 Å². The second-order valence-corrected chi connectivity index (χ2v) is 6.19. The number of para-hydroxylation sites is 1. The van der Waals surface area contributed by atoms with Crippen molar-refractivity contribution >= 4 is 28.2 Å². The number of hydrogen-bond acceptors (Lipinski definition) is 6. The van der Waals surface area contributed by atoms with Crippen molar-refractivity contribution < 1.29 is 19.1 Å². The molecule has 1 N–H and O–H groups in total. The molecule has 1 aromatic heterocycles. The second kappa shape index (κ2) is 7.92. The van der Waals surface area contributed by atoms with Crippen LogP contribution in [0.4, 0.5) is 5.13 Å². The Morgan fingerprint density at radius 2 is 2.00 bits per heavy atom. The van der Waals surface area contributed by atoms with Crippen molar-refractivity contribution in [2.75, 3.05) is 19.5 Å². The number of benzene rings is 1. The quantitative estimate of drug-likeness (QED) is 0.777. The maximum absolute atomic E-state index is 12.1. The van der Waals surface area contributed by atoms with Gasteiger partial charge in [0, 0.05) is 13.3 Å². The second-order valence-electron chi connectivity index (χ2n) is 5.19. The molecule has 0 saturated heterocycles. The first kappa shape index (κ1) is 17.9. The molecule has 1 aromatic carbocycles. The molecule has 6 nitrogen and oxygen atoms in total. The summed E-state index contributed by atoms with van der Waals surface area (Å²) in [6.45, 7) is 3.24. The molecule has 0 aliphatic carbocycles. The number of ether oxygens (including phenoxy) is 2. The summed E-state index contributed by atoms with van der Waals surface area (Å²) >= 11 is 1.19. The monoisotopic (exact) mass is 348 g/mol. The maximum atomic E-state index is 12.1. The lowest BCUT2D eigenvalue weighted by Gasteiger charge is -2.12. The molecule has 1 amide bonds. The third kappa shape index (κ3) is 4.11. The number of anilines is 1. The van der Waals surface area contributed by atoms with Crippen molar-refractivity contribution in [3.05, 3.63) is 34.3 Å². The number of hydrogen-bond donors (Lipinski definition) is 1. The standard InChI is InChI=1S/C17H20N2O4S/c1-10-16(11(2)20)24-17(18-10)19-14(21)9-8-12-6-5-7-13(22-3)15(12)23-4/h5-7H,8-9H2,1-4H3,(H,18,19,21). The number of ketones is 1. The molecule has 24 heavy (non-hydrogen) atoms. The van der Waals surface area contributed by atoms with Crippen LogP contribution in [-0.2, 0) is 11.2 Å². The lowest BCUT2D eigenvalue weighted by molar-refractivity contribution is -0.116. The van der Waals surface area contributed by atoms with Gasteiger partial charge in [0.2, 0.25) is 5.91 Å². The van der Waals surface area contributed by atoms with Crippen molar-refractivity contribution in [1.82, 2.24) is 4.98 Å². The van der Waals surface area contributed by atoms with Gasteiger partial charge in [0.1, 0.15) is 0 Å². The molecule has 0 unspecified atom stereocenters. The van der Waals surface area contributed by atoms with Crippen LogP contribution in [0.15, 0.2) is 18.2 Å². The third-order valence-corrected chi connectivity index (χ3v) is 4.64. The largest absolute Gasteiger partial charge is 0.493 e. The molecule has 128 valence electrons. The number of carbonyl (C=O) groups excluding carboxylic acids is 2. The van der Waals surface area contributed by atoms with Crippen LogP contribution in [0.25, 0.3) is 0 Å². The lowest BCUT2D eigenvalue weighted by atomic mass is 10.1. The Kier molecular flexibility index (Phi) is 5.92. The Hall–Kier alpha value is -2.41. The van der Waals surface area contributed by atoms with Crippen molar-refractivity contribution in [2.24, 2.45) is 0 Å². The summed E-state index contributed by atoms with van der Waals surface area (Å²) in [5, 5.41) is 3.18. The van der Waals surface area contributed by atoms with E-state index in [1.165, 1.54) is 18.3 Å². The number of nitrogens with one attached hydrogen (secondary N) is 1. The number of rotatable bonds is 7. The zero-order chi connectivity index (χ0) is 17.7. The van der Waals surface area contributed by atoms with E-state index in [1.807, 2.05) is 18.2 Å². The highest BCUT2D eigenvalue weighted by atomic mass is 32.1. The minimum absolute atomic E-state index is 0.0494. The van der Waals surface area contributed by atoms with E-state index in [4.69, 9.17) is 9.47 Å². The van der Waals surface area contributed by atoms with Gasteiger partial charge >= 0.3 is 0 Å². The van der Waals surface area contributed by atoms with Gasteiger partial charge in [0.25, 0.3) is 0 Å². The summed E-state index contributed by atoms with van der Waals surface area (Å²) in [4.78, 5) is 28.3. The summed E-state index contributed by atoms with van der Waals surface area (Å²) in [5.41, 5.74) is 1.53. The van der Waals surface area contributed by atoms with Crippen LogP contribution in [0.1, 0.15) is 34.3 Å². The van der Waals surface area contributed by atoms with E-state index >= 15 is 0 Å². The minimum Gasteiger partial charge on any atom is -0.493 e. The maximum Gasteiger partial charge on any atom is 0.226 e. The van der Waals surface area contributed by atoms with Gasteiger partial charge in [0.05, 0.1) is 24.8 Å². The number of carbonyl (C=O) groups is 2. The molecule has 0 atom stereocenters. The number of amides is 1. The van der Waals surface area contributed by atoms with E-state index in [0.29, 0.717) is 33.6 Å². The van der Waals surface area contributed by atoms with E-state index in [-0.39, 0.29) is 18.1 Å². The average molecular weight is 348 g/mol. The fourth-order valence-corrected chi connectivity index (χ4v) is 3.23. The molecule has 0 saturated carbocycles. The van der Waals surface area contributed by atoms with E-state index in [0.717, 1.165) is 5.56 Å². The molecular weight excluding hydrogens is 328 g/mol. The summed E-state index contributed by atoms with van der Waals surface area (Å²) in [7, 11) is 3.15. The van der Waals surface area contributed by atoms with Gasteiger partial charge in [-0.2, -0.15) is 0 Å². The van der Waals surface area contributed by atoms with Gasteiger partial charge < -0.3 is 14.8 Å². The molecule has 0 aliphatic rings. The van der Waals surface area contributed by atoms with Crippen molar-refractivity contribution in [1.29, 1.82) is 0 Å². The predicted octanol–water partition coefficient (Wildman–Crippen LogP) is 3.24. The van der Waals surface area contributed by atoms with Crippen LogP contribution in [0.5, 0.6) is 11.5 Å².